The number of ether oxygens (including phenoxy) is 2. The van der Waals surface area contributed by atoms with E-state index >= 15 is 0 Å². The molecule has 1 amide bonds. The van der Waals surface area contributed by atoms with E-state index in [2.05, 4.69) is 10.6 Å². The minimum atomic E-state index is -0.466. The lowest BCUT2D eigenvalue weighted by Gasteiger charge is -2.12. The monoisotopic (exact) mass is 387 g/mol. The zero-order valence-corrected chi connectivity index (χ0v) is 15.6. The second-order valence-electron chi connectivity index (χ2n) is 5.79. The van der Waals surface area contributed by atoms with Crippen LogP contribution in [0, 0.1) is 10.1 Å². The maximum atomic E-state index is 11.9. The Morgan fingerprint density at radius 2 is 1.79 bits per heavy atom. The molecule has 0 unspecified atom stereocenters. The van der Waals surface area contributed by atoms with Gasteiger partial charge >= 0.3 is 0 Å². The number of nitro groups is 1. The van der Waals surface area contributed by atoms with Gasteiger partial charge in [-0.15, -0.1) is 0 Å². The summed E-state index contributed by atoms with van der Waals surface area (Å²) in [5, 5.41) is 16.3. The van der Waals surface area contributed by atoms with E-state index in [1.54, 1.807) is 30.3 Å². The summed E-state index contributed by atoms with van der Waals surface area (Å²) in [4.78, 5) is 33.4. The number of anilines is 1. The largest absolute Gasteiger partial charge is 0.493 e. The number of methoxy groups -OCH3 is 1. The van der Waals surface area contributed by atoms with Crippen LogP contribution in [-0.2, 0) is 4.79 Å². The third-order valence-corrected chi connectivity index (χ3v) is 3.78. The number of hydrogen-bond acceptors (Lipinski definition) is 7. The highest BCUT2D eigenvalue weighted by Gasteiger charge is 2.10. The number of rotatable bonds is 10. The molecule has 2 N–H and O–H groups in total. The average molecular weight is 387 g/mol. The fourth-order valence-corrected chi connectivity index (χ4v) is 2.31. The van der Waals surface area contributed by atoms with Crippen LogP contribution in [0.3, 0.4) is 0 Å². The summed E-state index contributed by atoms with van der Waals surface area (Å²) in [6, 6.07) is 10.7. The van der Waals surface area contributed by atoms with Crippen LogP contribution in [-0.4, -0.2) is 43.4 Å². The summed E-state index contributed by atoms with van der Waals surface area (Å²) in [5.41, 5.74) is 1.22. The number of non-ortho nitro benzene ring substituents is 1. The van der Waals surface area contributed by atoms with Gasteiger partial charge in [-0.1, -0.05) is 0 Å². The molecule has 0 heterocycles. The quantitative estimate of drug-likeness (QED) is 0.278. The molecule has 0 aromatic heterocycles. The van der Waals surface area contributed by atoms with Gasteiger partial charge in [0.05, 0.1) is 12.0 Å². The Balaban J connectivity index is 1.74. The molecule has 0 radical (unpaired) electrons. The smallest absolute Gasteiger partial charge is 0.269 e. The molecule has 0 aliphatic carbocycles. The maximum Gasteiger partial charge on any atom is 0.269 e. The van der Waals surface area contributed by atoms with Crippen molar-refractivity contribution in [1.82, 2.24) is 5.32 Å². The van der Waals surface area contributed by atoms with Crippen molar-refractivity contribution in [2.24, 2.45) is 0 Å². The summed E-state index contributed by atoms with van der Waals surface area (Å²) in [5.74, 6) is 0.332. The minimum Gasteiger partial charge on any atom is -0.493 e. The maximum absolute atomic E-state index is 11.9. The van der Waals surface area contributed by atoms with Gasteiger partial charge in [0.15, 0.2) is 23.9 Å². The molecular weight excluding hydrogens is 366 g/mol. The number of nitrogens with zero attached hydrogens (tertiary/aromatic N) is 1. The fourth-order valence-electron chi connectivity index (χ4n) is 2.31. The van der Waals surface area contributed by atoms with Crippen molar-refractivity contribution in [2.75, 3.05) is 32.1 Å². The number of ketones is 1. The fraction of sp³-hybridized carbons (Fsp3) is 0.263. The van der Waals surface area contributed by atoms with Gasteiger partial charge in [0.1, 0.15) is 0 Å². The molecule has 2 rings (SSSR count). The predicted molar refractivity (Wildman–Crippen MR) is 103 cm³/mol. The van der Waals surface area contributed by atoms with Crippen LogP contribution in [0.2, 0.25) is 0 Å². The molecule has 0 bridgehead atoms. The zero-order chi connectivity index (χ0) is 20.5. The molecule has 0 aliphatic rings. The molecule has 9 heteroatoms. The first-order chi connectivity index (χ1) is 13.4. The lowest BCUT2D eigenvalue weighted by Crippen LogP contribution is -2.32. The number of carbonyl (C=O) groups excluding carboxylic acids is 2. The molecular formula is C19H21N3O6. The van der Waals surface area contributed by atoms with E-state index in [0.717, 1.165) is 0 Å². The van der Waals surface area contributed by atoms with Gasteiger partial charge in [-0.25, -0.2) is 0 Å². The third-order valence-electron chi connectivity index (χ3n) is 3.78. The Morgan fingerprint density at radius 3 is 2.39 bits per heavy atom. The number of benzene rings is 2. The Kier molecular flexibility index (Phi) is 7.32. The van der Waals surface area contributed by atoms with Gasteiger partial charge in [0.2, 0.25) is 0 Å². The van der Waals surface area contributed by atoms with Crippen molar-refractivity contribution in [1.29, 1.82) is 0 Å². The van der Waals surface area contributed by atoms with Crippen LogP contribution in [0.4, 0.5) is 11.4 Å². The molecule has 28 heavy (non-hydrogen) atoms. The first-order valence-electron chi connectivity index (χ1n) is 8.47. The van der Waals surface area contributed by atoms with Crippen LogP contribution < -0.4 is 20.1 Å². The number of nitrogens with one attached hydrogen (secondary N) is 2. The SMILES string of the molecule is COc1cc(C(C)=O)ccc1OCC(=O)NCCNc1ccc([N+](=O)[O-])cc1. The van der Waals surface area contributed by atoms with E-state index in [-0.39, 0.29) is 24.0 Å². The molecule has 0 spiro atoms. The van der Waals surface area contributed by atoms with Gasteiger partial charge in [0, 0.05) is 36.5 Å². The van der Waals surface area contributed by atoms with E-state index in [0.29, 0.717) is 35.8 Å². The van der Waals surface area contributed by atoms with Gasteiger partial charge in [-0.3, -0.25) is 19.7 Å². The highest BCUT2D eigenvalue weighted by molar-refractivity contribution is 5.94. The van der Waals surface area contributed by atoms with Crippen LogP contribution in [0.1, 0.15) is 17.3 Å². The molecule has 0 fully saturated rings. The van der Waals surface area contributed by atoms with E-state index < -0.39 is 4.92 Å². The lowest BCUT2D eigenvalue weighted by atomic mass is 10.1. The van der Waals surface area contributed by atoms with Crippen molar-refractivity contribution in [2.45, 2.75) is 6.92 Å². The second-order valence-corrected chi connectivity index (χ2v) is 5.79. The van der Waals surface area contributed by atoms with E-state index in [1.807, 2.05) is 0 Å². The molecule has 2 aromatic carbocycles. The Morgan fingerprint density at radius 1 is 1.07 bits per heavy atom. The molecule has 0 aliphatic heterocycles. The molecule has 0 atom stereocenters. The standard InChI is InChI=1S/C19H21N3O6/c1-13(23)14-3-8-17(18(11-14)27-2)28-12-19(24)21-10-9-20-15-4-6-16(7-5-15)22(25)26/h3-8,11,20H,9-10,12H2,1-2H3,(H,21,24). The van der Waals surface area contributed by atoms with E-state index in [9.17, 15) is 19.7 Å². The van der Waals surface area contributed by atoms with Crippen LogP contribution in [0.25, 0.3) is 0 Å². The summed E-state index contributed by atoms with van der Waals surface area (Å²) in [6.07, 6.45) is 0. The number of Topliss-reactive ketones (excluding diaryl/α,β-unsaturated/α-hetero) is 1. The number of nitro benzene ring substituents is 1. The average Bonchev–Trinajstić information content (AvgIpc) is 2.69. The summed E-state index contributed by atoms with van der Waals surface area (Å²) >= 11 is 0. The number of amides is 1. The minimum absolute atomic E-state index is 0.0164. The summed E-state index contributed by atoms with van der Waals surface area (Å²) in [6.45, 7) is 2.04. The molecule has 0 saturated heterocycles. The molecule has 2 aromatic rings. The van der Waals surface area contributed by atoms with Crippen molar-refractivity contribution in [3.8, 4) is 11.5 Å². The van der Waals surface area contributed by atoms with E-state index in [4.69, 9.17) is 9.47 Å². The van der Waals surface area contributed by atoms with Crippen LogP contribution >= 0.6 is 0 Å². The van der Waals surface area contributed by atoms with Crippen molar-refractivity contribution < 1.29 is 24.0 Å². The zero-order valence-electron chi connectivity index (χ0n) is 15.6. The number of hydrogen-bond donors (Lipinski definition) is 2. The highest BCUT2D eigenvalue weighted by Crippen LogP contribution is 2.28. The van der Waals surface area contributed by atoms with Gasteiger partial charge < -0.3 is 20.1 Å². The summed E-state index contributed by atoms with van der Waals surface area (Å²) < 4.78 is 10.6. The van der Waals surface area contributed by atoms with Crippen LogP contribution in [0.15, 0.2) is 42.5 Å². The number of carbonyl (C=O) groups is 2. The molecule has 0 saturated carbocycles. The molecule has 9 nitrogen and oxygen atoms in total. The Bertz CT molecular complexity index is 851. The van der Waals surface area contributed by atoms with Crippen molar-refractivity contribution in [3.63, 3.8) is 0 Å². The second kappa shape index (κ2) is 9.91. The van der Waals surface area contributed by atoms with E-state index in [1.165, 1.54) is 26.2 Å². The van der Waals surface area contributed by atoms with Crippen LogP contribution in [0.5, 0.6) is 11.5 Å². The Labute approximate surface area is 161 Å². The summed E-state index contributed by atoms with van der Waals surface area (Å²) in [7, 11) is 1.45. The van der Waals surface area contributed by atoms with Gasteiger partial charge in [-0.2, -0.15) is 0 Å². The van der Waals surface area contributed by atoms with Crippen molar-refractivity contribution >= 4 is 23.1 Å². The topological polar surface area (TPSA) is 120 Å². The van der Waals surface area contributed by atoms with Gasteiger partial charge in [-0.05, 0) is 37.3 Å². The molecule has 148 valence electrons. The normalized spacial score (nSPS) is 10.1. The lowest BCUT2D eigenvalue weighted by molar-refractivity contribution is -0.384. The Hall–Kier alpha value is -3.62. The van der Waals surface area contributed by atoms with Gasteiger partial charge in [0.25, 0.3) is 11.6 Å². The van der Waals surface area contributed by atoms with Crippen molar-refractivity contribution in [3.05, 3.63) is 58.1 Å². The third kappa shape index (κ3) is 5.97. The first-order valence-corrected chi connectivity index (χ1v) is 8.47. The highest BCUT2D eigenvalue weighted by atomic mass is 16.6. The first kappa shape index (κ1) is 20.7. The predicted octanol–water partition coefficient (Wildman–Crippen LogP) is 2.41.